The zero-order chi connectivity index (χ0) is 63.0. The number of carbonyl (C=O) groups is 1. The topological polar surface area (TPSA) is 57.9 Å². The number of alkyl halides is 24. The zero-order valence-corrected chi connectivity index (χ0v) is 41.9. The standard InChI is InChI=1S/C32H12BF24.C23H16NO2S/c34-25(35,36)13-1-14(26(37,38)39)6-21(5-13)33(22-7-15(27(40,41)42)2-16(8-22)28(43,44)45,23-9-17(29(46,47)48)3-18(10-23)30(49,50)51)24-11-19(31(52,53)54)4-20(12-24)32(55,56)57;24-17-20-11-13-21(14-12-20)23(25)18-27(26,22-9-5-2-6-10-22)16-15-19-7-3-1-4-8-19/h1-12H;1-14H,18H2/q-1;+1. The third kappa shape index (κ3) is 15.1. The van der Waals surface area contributed by atoms with E-state index in [1.807, 2.05) is 42.5 Å². The highest BCUT2D eigenvalue weighted by Crippen LogP contribution is 2.41. The van der Waals surface area contributed by atoms with Crippen LogP contribution in [0.1, 0.15) is 66.0 Å². The number of Topliss-reactive ketones (excluding diaryl/α,β-unsaturated/α-hetero) is 1. The molecule has 0 saturated carbocycles. The molecule has 0 aliphatic carbocycles. The van der Waals surface area contributed by atoms with Crippen molar-refractivity contribution in [3.63, 3.8) is 0 Å². The Morgan fingerprint density at radius 2 is 0.631 bits per heavy atom. The average molecular weight is 1230 g/mol. The van der Waals surface area contributed by atoms with Crippen LogP contribution in [0, 0.1) is 22.5 Å². The van der Waals surface area contributed by atoms with Crippen molar-refractivity contribution in [3.05, 3.63) is 219 Å². The number of benzene rings is 7. The van der Waals surface area contributed by atoms with Gasteiger partial charge in [0.1, 0.15) is 6.15 Å². The summed E-state index contributed by atoms with van der Waals surface area (Å²) in [6.45, 7) is 0. The molecule has 0 radical (unpaired) electrons. The minimum Gasteiger partial charge on any atom is -0.289 e. The van der Waals surface area contributed by atoms with Crippen molar-refractivity contribution < 1.29 is 114 Å². The smallest absolute Gasteiger partial charge is 0.289 e. The molecule has 84 heavy (non-hydrogen) atoms. The van der Waals surface area contributed by atoms with Gasteiger partial charge in [0, 0.05) is 11.1 Å². The Bertz CT molecular complexity index is 3270. The van der Waals surface area contributed by atoms with Gasteiger partial charge in [-0.3, -0.25) is 4.79 Å². The number of carbonyl (C=O) groups excluding carboxylic acids is 1. The predicted octanol–water partition coefficient (Wildman–Crippen LogP) is 15.5. The molecular formula is C55H28BF24NO2S. The van der Waals surface area contributed by atoms with E-state index in [9.17, 15) is 114 Å². The Morgan fingerprint density at radius 3 is 0.881 bits per heavy atom. The first-order valence-corrected chi connectivity index (χ1v) is 24.6. The molecule has 0 aromatic heterocycles. The van der Waals surface area contributed by atoms with Gasteiger partial charge in [0.2, 0.25) is 15.7 Å². The van der Waals surface area contributed by atoms with Gasteiger partial charge in [0.25, 0.3) is 0 Å². The Labute approximate surface area is 458 Å². The van der Waals surface area contributed by atoms with Gasteiger partial charge in [-0.1, -0.05) is 89.1 Å². The Morgan fingerprint density at radius 1 is 0.369 bits per heavy atom. The monoisotopic (exact) mass is 1230 g/mol. The van der Waals surface area contributed by atoms with Gasteiger partial charge in [-0.15, -0.1) is 0 Å². The van der Waals surface area contributed by atoms with Crippen molar-refractivity contribution in [2.45, 2.75) is 54.3 Å². The predicted molar refractivity (Wildman–Crippen MR) is 257 cm³/mol. The zero-order valence-electron chi connectivity index (χ0n) is 41.0. The van der Waals surface area contributed by atoms with Gasteiger partial charge in [-0.2, -0.15) is 132 Å². The minimum absolute atomic E-state index is 0.206. The molecule has 1 unspecified atom stereocenters. The summed E-state index contributed by atoms with van der Waals surface area (Å²) >= 11 is 0. The molecule has 0 saturated heterocycles. The fourth-order valence-corrected chi connectivity index (χ4v) is 10.3. The van der Waals surface area contributed by atoms with Crippen molar-refractivity contribution in [3.8, 4) is 17.2 Å². The van der Waals surface area contributed by atoms with Crippen molar-refractivity contribution in [2.75, 3.05) is 5.75 Å². The highest BCUT2D eigenvalue weighted by Gasteiger charge is 2.47. The van der Waals surface area contributed by atoms with Gasteiger partial charge >= 0.3 is 49.4 Å². The summed E-state index contributed by atoms with van der Waals surface area (Å²) in [4.78, 5) is 13.3. The largest absolute Gasteiger partial charge is 0.416 e. The lowest BCUT2D eigenvalue weighted by Crippen LogP contribution is -2.75. The Balaban J connectivity index is 0.000000347. The highest BCUT2D eigenvalue weighted by molar-refractivity contribution is 8.07. The molecule has 442 valence electrons. The molecule has 0 spiro atoms. The molecule has 3 nitrogen and oxygen atoms in total. The maximum absolute atomic E-state index is 14.2. The van der Waals surface area contributed by atoms with Crippen LogP contribution < -0.4 is 21.9 Å². The number of nitrogens with zero attached hydrogens (tertiary/aromatic N) is 1. The molecule has 0 fully saturated rings. The van der Waals surface area contributed by atoms with E-state index in [1.54, 1.807) is 48.5 Å². The molecular weight excluding hydrogens is 1210 g/mol. The summed E-state index contributed by atoms with van der Waals surface area (Å²) < 4.78 is 354. The molecule has 0 heterocycles. The summed E-state index contributed by atoms with van der Waals surface area (Å²) in [6, 6.07) is 17.6. The van der Waals surface area contributed by atoms with Gasteiger partial charge in [-0.25, -0.2) is 0 Å². The normalized spacial score (nSPS) is 13.6. The summed E-state index contributed by atoms with van der Waals surface area (Å²) in [5, 5.41) is 11.7. The fraction of sp³-hybridized carbons (Fsp3) is 0.164. The quantitative estimate of drug-likeness (QED) is 0.0501. The molecule has 7 aromatic carbocycles. The van der Waals surface area contributed by atoms with E-state index in [1.165, 1.54) is 0 Å². The van der Waals surface area contributed by atoms with Crippen LogP contribution in [0.15, 0.2) is 163 Å². The molecule has 7 rings (SSSR count). The van der Waals surface area contributed by atoms with E-state index in [2.05, 4.69) is 11.2 Å². The molecule has 1 atom stereocenters. The van der Waals surface area contributed by atoms with Gasteiger partial charge in [0.15, 0.2) is 15.9 Å². The lowest BCUT2D eigenvalue weighted by atomic mass is 9.12. The van der Waals surface area contributed by atoms with E-state index < -0.39 is 205 Å². The number of hydrogen-bond donors (Lipinski definition) is 0. The first kappa shape index (κ1) is 65.0. The highest BCUT2D eigenvalue weighted by atomic mass is 32.2. The maximum Gasteiger partial charge on any atom is 0.416 e. The summed E-state index contributed by atoms with van der Waals surface area (Å²) in [5.41, 5.74) is -28.6. The first-order chi connectivity index (χ1) is 38.4. The number of ketones is 1. The van der Waals surface area contributed by atoms with E-state index in [0.29, 0.717) is 16.0 Å². The second kappa shape index (κ2) is 23.1. The molecule has 0 amide bonds. The van der Waals surface area contributed by atoms with Crippen molar-refractivity contribution in [1.82, 2.24) is 0 Å². The van der Waals surface area contributed by atoms with Crippen LogP contribution in [0.25, 0.3) is 0 Å². The van der Waals surface area contributed by atoms with E-state index in [0.717, 1.165) is 5.56 Å². The minimum atomic E-state index is -6.13. The van der Waals surface area contributed by atoms with Crippen LogP contribution in [0.4, 0.5) is 105 Å². The Kier molecular flexibility index (Phi) is 17.9. The van der Waals surface area contributed by atoms with E-state index >= 15 is 0 Å². The van der Waals surface area contributed by atoms with Crippen LogP contribution in [-0.2, 0) is 63.6 Å². The molecule has 0 aliphatic heterocycles. The van der Waals surface area contributed by atoms with E-state index in [-0.39, 0.29) is 11.5 Å². The number of hydrogen-bond acceptors (Lipinski definition) is 3. The average Bonchev–Trinajstić information content (AvgIpc) is 0.738. The molecule has 7 aromatic rings. The molecule has 0 bridgehead atoms. The fourth-order valence-electron chi connectivity index (χ4n) is 8.55. The SMILES string of the molecule is FC(F)(F)c1cc([B-](c2cc(C(F)(F)F)cc(C(F)(F)F)c2)(c2cc(C(F)(F)F)cc(C(F)(F)F)c2)c2cc(C(F)(F)F)cc(C(F)(F)F)c2)cc(C(F)(F)F)c1.N#Cc1ccc(C(=O)C[S+](=O)(C#Cc2ccccc2)c2ccccc2)cc1. The van der Waals surface area contributed by atoms with Gasteiger partial charge in [0.05, 0.1) is 56.1 Å². The summed E-state index contributed by atoms with van der Waals surface area (Å²) in [6.07, 6.45) is -54.8. The number of rotatable bonds is 8. The third-order valence-corrected chi connectivity index (χ3v) is 14.5. The van der Waals surface area contributed by atoms with E-state index in [4.69, 9.17) is 5.26 Å². The molecule has 29 heteroatoms. The second-order valence-corrected chi connectivity index (χ2v) is 20.4. The van der Waals surface area contributed by atoms with Crippen molar-refractivity contribution >= 4 is 43.7 Å². The van der Waals surface area contributed by atoms with Crippen LogP contribution in [-0.4, -0.2) is 17.7 Å². The Hall–Kier alpha value is -8.21. The van der Waals surface area contributed by atoms with Crippen LogP contribution in [0.2, 0.25) is 0 Å². The van der Waals surface area contributed by atoms with Crippen LogP contribution in [0.5, 0.6) is 0 Å². The van der Waals surface area contributed by atoms with Gasteiger partial charge in [-0.05, 0) is 78.7 Å². The third-order valence-electron chi connectivity index (χ3n) is 12.4. The maximum atomic E-state index is 14.2. The first-order valence-electron chi connectivity index (χ1n) is 22.9. The van der Waals surface area contributed by atoms with Crippen molar-refractivity contribution in [1.29, 1.82) is 5.26 Å². The summed E-state index contributed by atoms with van der Waals surface area (Å²) in [7, 11) is -2.90. The molecule has 0 N–H and O–H groups in total. The van der Waals surface area contributed by atoms with Gasteiger partial charge < -0.3 is 0 Å². The number of halogens is 24. The molecule has 0 aliphatic rings. The van der Waals surface area contributed by atoms with Crippen molar-refractivity contribution in [2.24, 2.45) is 0 Å². The number of nitriles is 1. The van der Waals surface area contributed by atoms with Crippen LogP contribution >= 0.6 is 0 Å². The lowest BCUT2D eigenvalue weighted by Gasteiger charge is -2.46. The summed E-state index contributed by atoms with van der Waals surface area (Å²) in [5.74, 6) is 2.46. The van der Waals surface area contributed by atoms with Crippen LogP contribution in [0.3, 0.4) is 0 Å². The second-order valence-electron chi connectivity index (χ2n) is 18.1. The lowest BCUT2D eigenvalue weighted by molar-refractivity contribution is -0.144.